The van der Waals surface area contributed by atoms with Gasteiger partial charge in [0, 0.05) is 11.8 Å². The molecule has 0 amide bonds. The van der Waals surface area contributed by atoms with E-state index < -0.39 is 5.78 Å². The van der Waals surface area contributed by atoms with Crippen molar-refractivity contribution in [2.45, 2.75) is 6.92 Å². The molecule has 0 aromatic rings. The molecule has 2 N–H and O–H groups in total. The molecule has 0 heterocycles. The average Bonchev–Trinajstić information content (AvgIpc) is 2.05. The van der Waals surface area contributed by atoms with Crippen molar-refractivity contribution in [1.29, 1.82) is 10.8 Å². The fourth-order valence-corrected chi connectivity index (χ4v) is 0.485. The molecule has 0 saturated heterocycles. The summed E-state index contributed by atoms with van der Waals surface area (Å²) in [4.78, 5) is 10.8. The smallest absolute Gasteiger partial charge is 0.204 e. The summed E-state index contributed by atoms with van der Waals surface area (Å²) < 4.78 is 0. The Labute approximate surface area is 65.4 Å². The first kappa shape index (κ1) is 9.49. The van der Waals surface area contributed by atoms with Crippen molar-refractivity contribution < 1.29 is 4.79 Å². The lowest BCUT2D eigenvalue weighted by Gasteiger charge is -1.88. The Morgan fingerprint density at radius 2 is 1.91 bits per heavy atom. The van der Waals surface area contributed by atoms with Gasteiger partial charge in [0.15, 0.2) is 0 Å². The van der Waals surface area contributed by atoms with Gasteiger partial charge in [0.05, 0.1) is 6.21 Å². The minimum atomic E-state index is -0.446. The molecule has 0 fully saturated rings. The Morgan fingerprint density at radius 3 is 2.27 bits per heavy atom. The van der Waals surface area contributed by atoms with E-state index in [0.29, 0.717) is 6.21 Å². The molecule has 0 radical (unpaired) electrons. The van der Waals surface area contributed by atoms with Gasteiger partial charge in [0.25, 0.3) is 0 Å². The second-order valence-corrected chi connectivity index (χ2v) is 1.80. The van der Waals surface area contributed by atoms with Crippen LogP contribution in [0.25, 0.3) is 0 Å². The summed E-state index contributed by atoms with van der Waals surface area (Å²) >= 11 is 0. The van der Waals surface area contributed by atoms with Gasteiger partial charge in [0.1, 0.15) is 0 Å². The number of carbonyl (C=O) groups is 1. The van der Waals surface area contributed by atoms with E-state index in [-0.39, 0.29) is 5.57 Å². The fraction of sp³-hybridized carbons (Fsp3) is 0.125. The number of hydrogen-bond acceptors (Lipinski definition) is 3. The maximum absolute atomic E-state index is 10.8. The zero-order valence-corrected chi connectivity index (χ0v) is 6.29. The van der Waals surface area contributed by atoms with E-state index in [0.717, 1.165) is 6.21 Å². The molecular formula is C8H10N2O. The number of carbonyl (C=O) groups excluding carboxylic acids is 1. The summed E-state index contributed by atoms with van der Waals surface area (Å²) in [6, 6.07) is 0. The zero-order valence-electron chi connectivity index (χ0n) is 6.29. The van der Waals surface area contributed by atoms with Gasteiger partial charge in [-0.15, -0.1) is 0 Å². The van der Waals surface area contributed by atoms with Crippen molar-refractivity contribution in [3.63, 3.8) is 0 Å². The van der Waals surface area contributed by atoms with Crippen LogP contribution in [0.3, 0.4) is 0 Å². The van der Waals surface area contributed by atoms with E-state index >= 15 is 0 Å². The SMILES string of the molecule is C/C=C\C=C(/C=N)C(=O)C=N. The van der Waals surface area contributed by atoms with Crippen molar-refractivity contribution >= 4 is 18.2 Å². The van der Waals surface area contributed by atoms with Crippen LogP contribution in [-0.4, -0.2) is 18.2 Å². The van der Waals surface area contributed by atoms with Gasteiger partial charge in [-0.25, -0.2) is 0 Å². The molecule has 0 saturated carbocycles. The molecule has 0 aliphatic rings. The highest BCUT2D eigenvalue weighted by Gasteiger charge is 1.99. The number of hydrogen-bond donors (Lipinski definition) is 2. The van der Waals surface area contributed by atoms with Crippen LogP contribution in [-0.2, 0) is 4.79 Å². The van der Waals surface area contributed by atoms with Crippen LogP contribution in [0, 0.1) is 10.8 Å². The number of ketones is 1. The van der Waals surface area contributed by atoms with Gasteiger partial charge in [-0.3, -0.25) is 4.79 Å². The summed E-state index contributed by atoms with van der Waals surface area (Å²) in [5.74, 6) is -0.446. The highest BCUT2D eigenvalue weighted by atomic mass is 16.1. The average molecular weight is 150 g/mol. The number of nitrogens with one attached hydrogen (secondary N) is 2. The lowest BCUT2D eigenvalue weighted by molar-refractivity contribution is -0.109. The molecule has 11 heavy (non-hydrogen) atoms. The van der Waals surface area contributed by atoms with E-state index in [1.54, 1.807) is 12.2 Å². The van der Waals surface area contributed by atoms with E-state index in [2.05, 4.69) is 0 Å². The summed E-state index contributed by atoms with van der Waals surface area (Å²) in [6.07, 6.45) is 6.54. The Kier molecular flexibility index (Phi) is 4.56. The van der Waals surface area contributed by atoms with Crippen molar-refractivity contribution in [2.75, 3.05) is 0 Å². The molecule has 0 atom stereocenters. The third-order valence-electron chi connectivity index (χ3n) is 1.04. The van der Waals surface area contributed by atoms with Crippen LogP contribution in [0.2, 0.25) is 0 Å². The second kappa shape index (κ2) is 5.29. The Morgan fingerprint density at radius 1 is 1.27 bits per heavy atom. The maximum Gasteiger partial charge on any atom is 0.204 e. The monoisotopic (exact) mass is 150 g/mol. The first-order chi connectivity index (χ1) is 5.26. The molecule has 0 spiro atoms. The fourth-order valence-electron chi connectivity index (χ4n) is 0.485. The largest absolute Gasteiger partial charge is 0.308 e. The predicted octanol–water partition coefficient (Wildman–Crippen LogP) is 1.36. The van der Waals surface area contributed by atoms with Gasteiger partial charge in [-0.1, -0.05) is 12.2 Å². The molecule has 3 heteroatoms. The quantitative estimate of drug-likeness (QED) is 0.354. The van der Waals surface area contributed by atoms with Gasteiger partial charge in [-0.05, 0) is 13.0 Å². The van der Waals surface area contributed by atoms with Crippen LogP contribution in [0.1, 0.15) is 6.92 Å². The van der Waals surface area contributed by atoms with E-state index in [9.17, 15) is 4.79 Å². The van der Waals surface area contributed by atoms with Crippen molar-refractivity contribution in [3.8, 4) is 0 Å². The van der Waals surface area contributed by atoms with Crippen LogP contribution >= 0.6 is 0 Å². The summed E-state index contributed by atoms with van der Waals surface area (Å²) in [6.45, 7) is 1.81. The molecule has 0 aliphatic carbocycles. The molecule has 3 nitrogen and oxygen atoms in total. The summed E-state index contributed by atoms with van der Waals surface area (Å²) in [5, 5.41) is 13.5. The highest BCUT2D eigenvalue weighted by Crippen LogP contribution is 1.90. The van der Waals surface area contributed by atoms with E-state index in [4.69, 9.17) is 10.8 Å². The molecule has 0 aromatic heterocycles. The summed E-state index contributed by atoms with van der Waals surface area (Å²) in [7, 11) is 0. The van der Waals surface area contributed by atoms with Crippen LogP contribution in [0.4, 0.5) is 0 Å². The van der Waals surface area contributed by atoms with Crippen LogP contribution < -0.4 is 0 Å². The molecule has 0 aromatic carbocycles. The zero-order chi connectivity index (χ0) is 8.69. The molecule has 0 rings (SSSR count). The van der Waals surface area contributed by atoms with Crippen molar-refractivity contribution in [1.82, 2.24) is 0 Å². The lowest BCUT2D eigenvalue weighted by Crippen LogP contribution is -2.03. The van der Waals surface area contributed by atoms with Gasteiger partial charge < -0.3 is 10.8 Å². The third kappa shape index (κ3) is 3.25. The van der Waals surface area contributed by atoms with Gasteiger partial charge in [-0.2, -0.15) is 0 Å². The minimum absolute atomic E-state index is 0.220. The first-order valence-electron chi connectivity index (χ1n) is 3.14. The molecular weight excluding hydrogens is 140 g/mol. The number of allylic oxidation sites excluding steroid dienone is 4. The highest BCUT2D eigenvalue weighted by molar-refractivity contribution is 6.40. The van der Waals surface area contributed by atoms with E-state index in [1.165, 1.54) is 6.08 Å². The maximum atomic E-state index is 10.8. The number of Topliss-reactive ketones (excluding diaryl/α,β-unsaturated/α-hetero) is 1. The van der Waals surface area contributed by atoms with Gasteiger partial charge >= 0.3 is 0 Å². The van der Waals surface area contributed by atoms with Gasteiger partial charge in [0.2, 0.25) is 5.78 Å². The summed E-state index contributed by atoms with van der Waals surface area (Å²) in [5.41, 5.74) is 0.220. The van der Waals surface area contributed by atoms with E-state index in [1.807, 2.05) is 6.92 Å². The van der Waals surface area contributed by atoms with Crippen molar-refractivity contribution in [2.24, 2.45) is 0 Å². The lowest BCUT2D eigenvalue weighted by atomic mass is 10.2. The second-order valence-electron chi connectivity index (χ2n) is 1.80. The normalized spacial score (nSPS) is 11.5. The predicted molar refractivity (Wildman–Crippen MR) is 45.5 cm³/mol. The third-order valence-corrected chi connectivity index (χ3v) is 1.04. The Hall–Kier alpha value is -1.51. The molecule has 58 valence electrons. The molecule has 0 unspecified atom stereocenters. The topological polar surface area (TPSA) is 64.8 Å². The van der Waals surface area contributed by atoms with Crippen LogP contribution in [0.5, 0.6) is 0 Å². The van der Waals surface area contributed by atoms with Crippen LogP contribution in [0.15, 0.2) is 23.8 Å². The first-order valence-corrected chi connectivity index (χ1v) is 3.14. The molecule has 0 aliphatic heterocycles. The van der Waals surface area contributed by atoms with Crippen molar-refractivity contribution in [3.05, 3.63) is 23.8 Å². The Balaban J connectivity index is 4.51. The number of rotatable bonds is 4. The Bertz CT molecular complexity index is 226. The molecule has 0 bridgehead atoms. The minimum Gasteiger partial charge on any atom is -0.308 e. The standard InChI is InChI=1S/C8H10N2O/c1-2-3-4-7(5-9)8(11)6-10/h2-6,9-10H,1H3/b3-2-,7-4+,9-5?,10-6?.